The average Bonchev–Trinajstić information content (AvgIpc) is 2.44. The number of hydrogen-bond donors (Lipinski definition) is 2. The Morgan fingerprint density at radius 1 is 1.50 bits per heavy atom. The van der Waals surface area contributed by atoms with Crippen LogP contribution in [0.3, 0.4) is 0 Å². The summed E-state index contributed by atoms with van der Waals surface area (Å²) in [4.78, 5) is 12.4. The van der Waals surface area contributed by atoms with Crippen LogP contribution in [0.4, 0.5) is 5.69 Å². The second kappa shape index (κ2) is 4.39. The number of halogens is 1. The van der Waals surface area contributed by atoms with Gasteiger partial charge in [0.15, 0.2) is 6.10 Å². The van der Waals surface area contributed by atoms with E-state index < -0.39 is 6.10 Å². The van der Waals surface area contributed by atoms with E-state index in [0.29, 0.717) is 16.5 Å². The number of rotatable bonds is 2. The van der Waals surface area contributed by atoms with Gasteiger partial charge in [0.1, 0.15) is 0 Å². The summed E-state index contributed by atoms with van der Waals surface area (Å²) >= 11 is 5.17. The van der Waals surface area contributed by atoms with E-state index in [1.165, 1.54) is 0 Å². The maximum atomic E-state index is 11.3. The highest BCUT2D eigenvalue weighted by Crippen LogP contribution is 2.39. The molecule has 5 heteroatoms. The highest BCUT2D eigenvalue weighted by molar-refractivity contribution is 9.10. The van der Waals surface area contributed by atoms with E-state index >= 15 is 0 Å². The third-order valence-electron chi connectivity index (χ3n) is 2.27. The number of aliphatic hydroxyl groups is 1. The minimum absolute atomic E-state index is 0.353. The molecule has 0 saturated heterocycles. The smallest absolute Gasteiger partial charge is 0.257 e. The second-order valence-corrected chi connectivity index (χ2v) is 6.40. The zero-order valence-corrected chi connectivity index (χ0v) is 11.4. The standard InChI is InChI=1S/C11H12BrNO2S/c1-5(2)16-9-4-8-6(3-7(9)12)10(14)11(15)13-8/h3-5,10,14H,1-2H3,(H,13,15). The van der Waals surface area contributed by atoms with Crippen LogP contribution in [-0.4, -0.2) is 16.3 Å². The van der Waals surface area contributed by atoms with Crippen LogP contribution in [0.2, 0.25) is 0 Å². The van der Waals surface area contributed by atoms with Gasteiger partial charge < -0.3 is 10.4 Å². The van der Waals surface area contributed by atoms with Crippen LogP contribution < -0.4 is 5.32 Å². The number of carbonyl (C=O) groups excluding carboxylic acids is 1. The van der Waals surface area contributed by atoms with Crippen LogP contribution in [-0.2, 0) is 4.79 Å². The number of amides is 1. The SMILES string of the molecule is CC(C)Sc1cc2c(cc1Br)C(O)C(=O)N2. The van der Waals surface area contributed by atoms with Crippen LogP contribution in [0.5, 0.6) is 0 Å². The average molecular weight is 302 g/mol. The van der Waals surface area contributed by atoms with E-state index in [1.54, 1.807) is 11.8 Å². The van der Waals surface area contributed by atoms with Crippen molar-refractivity contribution in [3.05, 3.63) is 22.2 Å². The summed E-state index contributed by atoms with van der Waals surface area (Å²) in [5.41, 5.74) is 1.36. The van der Waals surface area contributed by atoms with Crippen molar-refractivity contribution in [2.24, 2.45) is 0 Å². The quantitative estimate of drug-likeness (QED) is 0.826. The lowest BCUT2D eigenvalue weighted by Gasteiger charge is -2.10. The van der Waals surface area contributed by atoms with E-state index in [0.717, 1.165) is 9.37 Å². The fourth-order valence-corrected chi connectivity index (χ4v) is 3.10. The van der Waals surface area contributed by atoms with Gasteiger partial charge in [0.25, 0.3) is 5.91 Å². The van der Waals surface area contributed by atoms with Crippen LogP contribution in [0.25, 0.3) is 0 Å². The summed E-state index contributed by atoms with van der Waals surface area (Å²) in [7, 11) is 0. The largest absolute Gasteiger partial charge is 0.378 e. The molecule has 1 aromatic rings. The van der Waals surface area contributed by atoms with Crippen molar-refractivity contribution in [1.82, 2.24) is 0 Å². The Morgan fingerprint density at radius 3 is 2.81 bits per heavy atom. The molecule has 86 valence electrons. The molecule has 1 amide bonds. The van der Waals surface area contributed by atoms with E-state index in [-0.39, 0.29) is 5.91 Å². The van der Waals surface area contributed by atoms with E-state index in [4.69, 9.17) is 0 Å². The minimum Gasteiger partial charge on any atom is -0.378 e. The second-order valence-electron chi connectivity index (χ2n) is 3.93. The molecule has 0 fully saturated rings. The molecule has 0 saturated carbocycles. The third-order valence-corrected chi connectivity index (χ3v) is 4.25. The van der Waals surface area contributed by atoms with Crippen molar-refractivity contribution in [2.75, 3.05) is 5.32 Å². The first-order valence-electron chi connectivity index (χ1n) is 4.98. The first-order chi connectivity index (χ1) is 7.49. The summed E-state index contributed by atoms with van der Waals surface area (Å²) in [6.07, 6.45) is -1.04. The summed E-state index contributed by atoms with van der Waals surface area (Å²) < 4.78 is 0.917. The summed E-state index contributed by atoms with van der Waals surface area (Å²) in [5, 5.41) is 12.7. The monoisotopic (exact) mass is 301 g/mol. The van der Waals surface area contributed by atoms with Crippen molar-refractivity contribution >= 4 is 39.3 Å². The molecular formula is C11H12BrNO2S. The summed E-state index contributed by atoms with van der Waals surface area (Å²) in [5.74, 6) is -0.353. The number of fused-ring (bicyclic) bond motifs is 1. The topological polar surface area (TPSA) is 49.3 Å². The van der Waals surface area contributed by atoms with Gasteiger partial charge in [-0.05, 0) is 28.1 Å². The molecule has 1 unspecified atom stereocenters. The lowest BCUT2D eigenvalue weighted by atomic mass is 10.1. The Labute approximate surface area is 107 Å². The Hall–Kier alpha value is -0.520. The predicted molar refractivity (Wildman–Crippen MR) is 68.7 cm³/mol. The van der Waals surface area contributed by atoms with Crippen LogP contribution in [0.1, 0.15) is 25.5 Å². The van der Waals surface area contributed by atoms with E-state index in [1.807, 2.05) is 12.1 Å². The molecule has 0 spiro atoms. The van der Waals surface area contributed by atoms with Crippen LogP contribution >= 0.6 is 27.7 Å². The molecule has 0 aromatic heterocycles. The lowest BCUT2D eigenvalue weighted by Crippen LogP contribution is -2.10. The first-order valence-corrected chi connectivity index (χ1v) is 6.65. The van der Waals surface area contributed by atoms with Gasteiger partial charge >= 0.3 is 0 Å². The van der Waals surface area contributed by atoms with Gasteiger partial charge in [-0.15, -0.1) is 11.8 Å². The predicted octanol–water partition coefficient (Wildman–Crippen LogP) is 2.94. The Kier molecular flexibility index (Phi) is 3.28. The Morgan fingerprint density at radius 2 is 2.19 bits per heavy atom. The number of anilines is 1. The fraction of sp³-hybridized carbons (Fsp3) is 0.364. The summed E-state index contributed by atoms with van der Waals surface area (Å²) in [6, 6.07) is 3.71. The number of nitrogens with one attached hydrogen (secondary N) is 1. The number of carbonyl (C=O) groups is 1. The Bertz CT molecular complexity index is 448. The molecule has 1 aliphatic rings. The molecule has 0 bridgehead atoms. The number of aliphatic hydroxyl groups excluding tert-OH is 1. The molecule has 1 aliphatic heterocycles. The van der Waals surface area contributed by atoms with Crippen LogP contribution in [0.15, 0.2) is 21.5 Å². The van der Waals surface area contributed by atoms with Gasteiger partial charge in [0.05, 0.1) is 0 Å². The van der Waals surface area contributed by atoms with Crippen molar-refractivity contribution in [3.63, 3.8) is 0 Å². The molecule has 0 radical (unpaired) electrons. The molecule has 1 aromatic carbocycles. The molecule has 3 nitrogen and oxygen atoms in total. The highest BCUT2D eigenvalue weighted by Gasteiger charge is 2.29. The maximum absolute atomic E-state index is 11.3. The Balaban J connectivity index is 2.40. The van der Waals surface area contributed by atoms with Gasteiger partial charge in [-0.1, -0.05) is 13.8 Å². The van der Waals surface area contributed by atoms with Gasteiger partial charge in [-0.25, -0.2) is 0 Å². The van der Waals surface area contributed by atoms with Gasteiger partial charge in [0, 0.05) is 25.9 Å². The molecule has 1 heterocycles. The molecule has 16 heavy (non-hydrogen) atoms. The van der Waals surface area contributed by atoms with Crippen molar-refractivity contribution < 1.29 is 9.90 Å². The van der Waals surface area contributed by atoms with Gasteiger partial charge in [-0.2, -0.15) is 0 Å². The molecule has 1 atom stereocenters. The lowest BCUT2D eigenvalue weighted by molar-refractivity contribution is -0.123. The van der Waals surface area contributed by atoms with Gasteiger partial charge in [0.2, 0.25) is 0 Å². The molecular weight excluding hydrogens is 290 g/mol. The minimum atomic E-state index is -1.04. The summed E-state index contributed by atoms with van der Waals surface area (Å²) in [6.45, 7) is 4.22. The number of thioether (sulfide) groups is 1. The molecule has 0 aliphatic carbocycles. The third kappa shape index (κ3) is 2.12. The van der Waals surface area contributed by atoms with Crippen molar-refractivity contribution in [2.45, 2.75) is 30.1 Å². The highest BCUT2D eigenvalue weighted by atomic mass is 79.9. The zero-order valence-electron chi connectivity index (χ0n) is 8.95. The first kappa shape index (κ1) is 12.0. The van der Waals surface area contributed by atoms with Gasteiger partial charge in [-0.3, -0.25) is 4.79 Å². The zero-order chi connectivity index (χ0) is 11.9. The number of hydrogen-bond acceptors (Lipinski definition) is 3. The van der Waals surface area contributed by atoms with Crippen molar-refractivity contribution in [3.8, 4) is 0 Å². The van der Waals surface area contributed by atoms with Crippen molar-refractivity contribution in [1.29, 1.82) is 0 Å². The molecule has 2 N–H and O–H groups in total. The fourth-order valence-electron chi connectivity index (χ4n) is 1.59. The number of benzene rings is 1. The van der Waals surface area contributed by atoms with E-state index in [9.17, 15) is 9.90 Å². The van der Waals surface area contributed by atoms with E-state index in [2.05, 4.69) is 35.1 Å². The molecule has 2 rings (SSSR count). The maximum Gasteiger partial charge on any atom is 0.257 e. The van der Waals surface area contributed by atoms with Crippen LogP contribution in [0, 0.1) is 0 Å². The normalized spacial score (nSPS) is 18.8.